The third-order valence-electron chi connectivity index (χ3n) is 5.91. The first-order chi connectivity index (χ1) is 16.0. The number of Topliss-reactive ketones (excluding diaryl/α,β-unsaturated/α-hetero) is 1. The summed E-state index contributed by atoms with van der Waals surface area (Å²) in [6, 6.07) is 17.8. The average Bonchev–Trinajstić information content (AvgIpc) is 3.08. The van der Waals surface area contributed by atoms with Gasteiger partial charge in [0.1, 0.15) is 11.5 Å². The molecule has 0 radical (unpaired) electrons. The number of carbonyl (C=O) groups is 2. The summed E-state index contributed by atoms with van der Waals surface area (Å²) in [4.78, 5) is 27.9. The Morgan fingerprint density at radius 3 is 2.58 bits per heavy atom. The highest BCUT2D eigenvalue weighted by molar-refractivity contribution is 6.47. The Labute approximate surface area is 198 Å². The van der Waals surface area contributed by atoms with Gasteiger partial charge < -0.3 is 14.7 Å². The Morgan fingerprint density at radius 1 is 1.06 bits per heavy atom. The van der Waals surface area contributed by atoms with Crippen molar-refractivity contribution in [2.24, 2.45) is 0 Å². The molecule has 1 aliphatic heterocycles. The van der Waals surface area contributed by atoms with Crippen LogP contribution in [-0.2, 0) is 9.59 Å². The third-order valence-corrected chi connectivity index (χ3v) is 6.24. The molecule has 6 heteroatoms. The number of nitrogens with zero attached hydrogens (tertiary/aromatic N) is 1. The predicted molar refractivity (Wildman–Crippen MR) is 130 cm³/mol. The van der Waals surface area contributed by atoms with E-state index in [0.29, 0.717) is 18.9 Å². The Bertz CT molecular complexity index is 1240. The number of aliphatic hydroxyl groups is 1. The van der Waals surface area contributed by atoms with Gasteiger partial charge in [0, 0.05) is 12.1 Å². The van der Waals surface area contributed by atoms with Crippen LogP contribution < -0.4 is 4.74 Å². The van der Waals surface area contributed by atoms with Crippen LogP contribution in [0.25, 0.3) is 16.5 Å². The van der Waals surface area contributed by atoms with E-state index >= 15 is 0 Å². The number of rotatable bonds is 7. The number of aliphatic hydroxyl groups excluding tert-OH is 1. The number of ether oxygens (including phenoxy) is 1. The number of likely N-dealkylation sites (tertiary alicyclic amines) is 1. The summed E-state index contributed by atoms with van der Waals surface area (Å²) in [6.45, 7) is 4.74. The van der Waals surface area contributed by atoms with Crippen LogP contribution in [0.1, 0.15) is 43.9 Å². The lowest BCUT2D eigenvalue weighted by molar-refractivity contribution is -0.139. The van der Waals surface area contributed by atoms with E-state index in [1.165, 1.54) is 0 Å². The maximum absolute atomic E-state index is 13.3. The molecule has 1 unspecified atom stereocenters. The molecule has 1 heterocycles. The molecule has 170 valence electrons. The molecule has 3 aromatic carbocycles. The molecule has 1 atom stereocenters. The Balaban J connectivity index is 1.96. The highest BCUT2D eigenvalue weighted by atomic mass is 35.5. The predicted octanol–water partition coefficient (Wildman–Crippen LogP) is 6.11. The van der Waals surface area contributed by atoms with E-state index < -0.39 is 17.7 Å². The second kappa shape index (κ2) is 9.67. The molecule has 5 nitrogen and oxygen atoms in total. The number of hydrogen-bond acceptors (Lipinski definition) is 4. The molecule has 1 amide bonds. The van der Waals surface area contributed by atoms with Crippen LogP contribution in [0.2, 0.25) is 5.02 Å². The number of hydrogen-bond donors (Lipinski definition) is 1. The van der Waals surface area contributed by atoms with Gasteiger partial charge in [-0.25, -0.2) is 0 Å². The van der Waals surface area contributed by atoms with E-state index in [4.69, 9.17) is 16.3 Å². The number of carbonyl (C=O) groups excluding carboxylic acids is 2. The Morgan fingerprint density at radius 2 is 1.82 bits per heavy atom. The molecule has 4 rings (SSSR count). The van der Waals surface area contributed by atoms with Crippen molar-refractivity contribution in [3.63, 3.8) is 0 Å². The first-order valence-corrected chi connectivity index (χ1v) is 11.5. The van der Waals surface area contributed by atoms with E-state index in [9.17, 15) is 14.7 Å². The van der Waals surface area contributed by atoms with Crippen molar-refractivity contribution in [2.45, 2.75) is 32.7 Å². The van der Waals surface area contributed by atoms with Crippen molar-refractivity contribution in [3.8, 4) is 5.75 Å². The van der Waals surface area contributed by atoms with E-state index in [0.717, 1.165) is 29.2 Å². The number of amides is 1. The van der Waals surface area contributed by atoms with Crippen LogP contribution in [0, 0.1) is 0 Å². The average molecular weight is 464 g/mol. The third kappa shape index (κ3) is 4.21. The smallest absolute Gasteiger partial charge is 0.295 e. The van der Waals surface area contributed by atoms with E-state index in [-0.39, 0.29) is 21.9 Å². The molecule has 0 aliphatic carbocycles. The van der Waals surface area contributed by atoms with Gasteiger partial charge in [-0.2, -0.15) is 0 Å². The molecule has 0 bridgehead atoms. The number of benzene rings is 3. The molecule has 0 aromatic heterocycles. The standard InChI is InChI=1S/C27H26ClNO4/c1-3-5-15-29-24(20-12-8-10-17-9-6-7-11-19(17)20)23(26(31)27(29)32)25(30)21-16-18(33-4-2)13-14-22(21)28/h6-14,16,24,30H,3-5,15H2,1-2H3/b25-23+. The van der Waals surface area contributed by atoms with Crippen molar-refractivity contribution in [1.29, 1.82) is 0 Å². The summed E-state index contributed by atoms with van der Waals surface area (Å²) in [5.74, 6) is -1.10. The van der Waals surface area contributed by atoms with Crippen molar-refractivity contribution < 1.29 is 19.4 Å². The van der Waals surface area contributed by atoms with Crippen LogP contribution in [0.5, 0.6) is 5.75 Å². The summed E-state index contributed by atoms with van der Waals surface area (Å²) < 4.78 is 5.55. The second-order valence-corrected chi connectivity index (χ2v) is 8.40. The van der Waals surface area contributed by atoms with Crippen molar-refractivity contribution in [1.82, 2.24) is 4.90 Å². The molecule has 33 heavy (non-hydrogen) atoms. The molecule has 1 aliphatic rings. The first kappa shape index (κ1) is 22.9. The highest BCUT2D eigenvalue weighted by Gasteiger charge is 2.46. The zero-order chi connectivity index (χ0) is 23.5. The Hall–Kier alpha value is -3.31. The second-order valence-electron chi connectivity index (χ2n) is 7.99. The molecule has 0 saturated carbocycles. The Kier molecular flexibility index (Phi) is 6.70. The number of unbranched alkanes of at least 4 members (excludes halogenated alkanes) is 1. The molecular weight excluding hydrogens is 438 g/mol. The largest absolute Gasteiger partial charge is 0.507 e. The van der Waals surface area contributed by atoms with Crippen LogP contribution in [0.3, 0.4) is 0 Å². The molecule has 1 saturated heterocycles. The fourth-order valence-corrected chi connectivity index (χ4v) is 4.55. The molecule has 3 aromatic rings. The van der Waals surface area contributed by atoms with Crippen molar-refractivity contribution in [2.75, 3.05) is 13.2 Å². The zero-order valence-electron chi connectivity index (χ0n) is 18.7. The molecule has 1 fully saturated rings. The van der Waals surface area contributed by atoms with E-state index in [1.807, 2.05) is 56.3 Å². The van der Waals surface area contributed by atoms with Gasteiger partial charge >= 0.3 is 0 Å². The van der Waals surface area contributed by atoms with Gasteiger partial charge in [0.25, 0.3) is 11.7 Å². The monoisotopic (exact) mass is 463 g/mol. The minimum atomic E-state index is -0.713. The molecule has 1 N–H and O–H groups in total. The fourth-order valence-electron chi connectivity index (χ4n) is 4.34. The summed E-state index contributed by atoms with van der Waals surface area (Å²) in [5.41, 5.74) is 1.10. The van der Waals surface area contributed by atoms with Gasteiger partial charge in [-0.1, -0.05) is 67.4 Å². The maximum Gasteiger partial charge on any atom is 0.295 e. The molecular formula is C27H26ClNO4. The van der Waals surface area contributed by atoms with Gasteiger partial charge in [0.05, 0.1) is 23.2 Å². The van der Waals surface area contributed by atoms with Crippen LogP contribution in [0.15, 0.2) is 66.2 Å². The zero-order valence-corrected chi connectivity index (χ0v) is 19.4. The first-order valence-electron chi connectivity index (χ1n) is 11.2. The fraction of sp³-hybridized carbons (Fsp3) is 0.259. The SMILES string of the molecule is CCCCN1C(=O)C(=O)/C(=C(/O)c2cc(OCC)ccc2Cl)C1c1cccc2ccccc12. The van der Waals surface area contributed by atoms with Gasteiger partial charge in [0.2, 0.25) is 0 Å². The normalized spacial score (nSPS) is 17.7. The maximum atomic E-state index is 13.3. The van der Waals surface area contributed by atoms with Crippen LogP contribution in [-0.4, -0.2) is 34.8 Å². The number of fused-ring (bicyclic) bond motifs is 1. The van der Waals surface area contributed by atoms with Gasteiger partial charge in [-0.05, 0) is 47.9 Å². The van der Waals surface area contributed by atoms with Gasteiger partial charge in [-0.3, -0.25) is 9.59 Å². The lowest BCUT2D eigenvalue weighted by Gasteiger charge is -2.26. The van der Waals surface area contributed by atoms with Crippen LogP contribution >= 0.6 is 11.6 Å². The topological polar surface area (TPSA) is 66.8 Å². The summed E-state index contributed by atoms with van der Waals surface area (Å²) in [6.07, 6.45) is 1.61. The van der Waals surface area contributed by atoms with Gasteiger partial charge in [0.15, 0.2) is 0 Å². The number of ketones is 1. The lowest BCUT2D eigenvalue weighted by Crippen LogP contribution is -2.30. The lowest BCUT2D eigenvalue weighted by atomic mass is 9.91. The van der Waals surface area contributed by atoms with Crippen molar-refractivity contribution >= 4 is 39.8 Å². The highest BCUT2D eigenvalue weighted by Crippen LogP contribution is 2.43. The summed E-state index contributed by atoms with van der Waals surface area (Å²) in [7, 11) is 0. The van der Waals surface area contributed by atoms with Crippen molar-refractivity contribution in [3.05, 3.63) is 82.4 Å². The van der Waals surface area contributed by atoms with Crippen LogP contribution in [0.4, 0.5) is 0 Å². The summed E-state index contributed by atoms with van der Waals surface area (Å²) >= 11 is 6.40. The molecule has 0 spiro atoms. The summed E-state index contributed by atoms with van der Waals surface area (Å²) in [5, 5.41) is 13.6. The minimum Gasteiger partial charge on any atom is -0.507 e. The van der Waals surface area contributed by atoms with E-state index in [1.54, 1.807) is 23.1 Å². The quantitative estimate of drug-likeness (QED) is 0.260. The number of halogens is 1. The minimum absolute atomic E-state index is 0.0444. The van der Waals surface area contributed by atoms with E-state index in [2.05, 4.69) is 0 Å². The van der Waals surface area contributed by atoms with Gasteiger partial charge in [-0.15, -0.1) is 0 Å².